The summed E-state index contributed by atoms with van der Waals surface area (Å²) in [5, 5.41) is 15.4. The zero-order valence-corrected chi connectivity index (χ0v) is 27.3. The minimum absolute atomic E-state index is 0.00988. The molecular formula is C41H43N3O4. The first kappa shape index (κ1) is 33.1. The van der Waals surface area contributed by atoms with E-state index < -0.39 is 6.29 Å². The first-order valence-electron chi connectivity index (χ1n) is 16.5. The summed E-state index contributed by atoms with van der Waals surface area (Å²) in [5.74, 6) is 0. The average Bonchev–Trinajstić information content (AvgIpc) is 3.14. The first-order chi connectivity index (χ1) is 23.5. The molecule has 5 aromatic rings. The van der Waals surface area contributed by atoms with Crippen molar-refractivity contribution in [2.75, 3.05) is 13.6 Å². The summed E-state index contributed by atoms with van der Waals surface area (Å²) in [5.41, 5.74) is 8.30. The van der Waals surface area contributed by atoms with Crippen LogP contribution in [0.5, 0.6) is 0 Å². The van der Waals surface area contributed by atoms with Crippen molar-refractivity contribution in [2.45, 2.75) is 51.2 Å². The Morgan fingerprint density at radius 3 is 2.02 bits per heavy atom. The maximum absolute atomic E-state index is 12.4. The van der Waals surface area contributed by atoms with E-state index in [1.165, 1.54) is 5.56 Å². The molecule has 6 rings (SSSR count). The van der Waals surface area contributed by atoms with Crippen molar-refractivity contribution in [1.29, 1.82) is 0 Å². The van der Waals surface area contributed by atoms with Gasteiger partial charge in [0.05, 0.1) is 18.8 Å². The third kappa shape index (κ3) is 9.18. The number of nitrogens with zero attached hydrogens (tertiary/aromatic N) is 1. The number of nitrogens with one attached hydrogen (secondary N) is 2. The van der Waals surface area contributed by atoms with Crippen molar-refractivity contribution in [1.82, 2.24) is 15.5 Å². The van der Waals surface area contributed by atoms with Gasteiger partial charge in [0.2, 0.25) is 0 Å². The molecule has 1 aliphatic rings. The number of ether oxygens (including phenoxy) is 2. The highest BCUT2D eigenvalue weighted by Crippen LogP contribution is 2.39. The summed E-state index contributed by atoms with van der Waals surface area (Å²) in [6.07, 6.45) is -0.0276. The second-order valence-electron chi connectivity index (χ2n) is 12.4. The Bertz CT molecular complexity index is 1750. The zero-order valence-electron chi connectivity index (χ0n) is 27.3. The monoisotopic (exact) mass is 641 g/mol. The number of benzene rings is 5. The predicted octanol–water partition coefficient (Wildman–Crippen LogP) is 7.52. The third-order valence-electron chi connectivity index (χ3n) is 8.59. The second-order valence-corrected chi connectivity index (χ2v) is 12.4. The molecule has 3 N–H and O–H groups in total. The number of hydrogen-bond acceptors (Lipinski definition) is 5. The fourth-order valence-corrected chi connectivity index (χ4v) is 6.09. The molecule has 1 saturated heterocycles. The van der Waals surface area contributed by atoms with Crippen molar-refractivity contribution in [3.8, 4) is 11.1 Å². The number of aliphatic hydroxyl groups excluding tert-OH is 1. The lowest BCUT2D eigenvalue weighted by molar-refractivity contribution is -0.252. The standard InChI is InChI=1S/C41H43N3O4/c1-44(27-31-12-6-3-7-13-31)28-38-24-39(34-20-18-32(29-45)19-21-34)48-40(47-38)37-17-9-16-36(23-37)35-15-8-14-33(22-35)26-43-41(46)42-25-30-10-4-2-5-11-30/h2-23,38-40,45H,24-29H2,1H3,(H2,42,43,46). The molecule has 2 amide bonds. The Labute approximate surface area is 283 Å². The van der Waals surface area contributed by atoms with Gasteiger partial charge in [0.1, 0.15) is 0 Å². The number of carbonyl (C=O) groups is 1. The van der Waals surface area contributed by atoms with Crippen LogP contribution in [-0.4, -0.2) is 35.7 Å². The Balaban J connectivity index is 1.15. The van der Waals surface area contributed by atoms with Gasteiger partial charge in [-0.2, -0.15) is 0 Å². The van der Waals surface area contributed by atoms with Crippen molar-refractivity contribution in [3.63, 3.8) is 0 Å². The molecule has 1 fully saturated rings. The molecule has 7 nitrogen and oxygen atoms in total. The number of likely N-dealkylation sites (N-methyl/N-ethyl adjacent to an activating group) is 1. The Morgan fingerprint density at radius 1 is 0.688 bits per heavy atom. The minimum atomic E-state index is -0.547. The molecule has 1 heterocycles. The summed E-state index contributed by atoms with van der Waals surface area (Å²) in [4.78, 5) is 14.7. The van der Waals surface area contributed by atoms with E-state index in [4.69, 9.17) is 9.47 Å². The van der Waals surface area contributed by atoms with Crippen LogP contribution in [-0.2, 0) is 35.7 Å². The van der Waals surface area contributed by atoms with E-state index in [0.29, 0.717) is 13.1 Å². The molecule has 3 unspecified atom stereocenters. The van der Waals surface area contributed by atoms with Gasteiger partial charge in [-0.15, -0.1) is 0 Å². The van der Waals surface area contributed by atoms with Crippen LogP contribution in [0, 0.1) is 0 Å². The maximum Gasteiger partial charge on any atom is 0.315 e. The van der Waals surface area contributed by atoms with E-state index in [1.807, 2.05) is 78.9 Å². The van der Waals surface area contributed by atoms with E-state index in [1.54, 1.807) is 0 Å². The Kier molecular flexibility index (Phi) is 11.3. The van der Waals surface area contributed by atoms with Crippen LogP contribution in [0.1, 0.15) is 52.2 Å². The van der Waals surface area contributed by atoms with Gasteiger partial charge in [0.25, 0.3) is 0 Å². The Morgan fingerprint density at radius 2 is 1.31 bits per heavy atom. The summed E-state index contributed by atoms with van der Waals surface area (Å²) >= 11 is 0. The van der Waals surface area contributed by atoms with Gasteiger partial charge < -0.3 is 25.2 Å². The molecule has 0 spiro atoms. The zero-order chi connectivity index (χ0) is 33.1. The van der Waals surface area contributed by atoms with E-state index in [-0.39, 0.29) is 24.8 Å². The highest BCUT2D eigenvalue weighted by molar-refractivity contribution is 5.74. The SMILES string of the molecule is CN(Cc1ccccc1)CC1CC(c2ccc(CO)cc2)OC(c2cccc(-c3cccc(CNC(=O)NCc4ccccc4)c3)c2)O1. The van der Waals surface area contributed by atoms with E-state index in [9.17, 15) is 9.90 Å². The van der Waals surface area contributed by atoms with E-state index in [0.717, 1.165) is 58.5 Å². The molecule has 3 atom stereocenters. The number of rotatable bonds is 12. The molecule has 0 bridgehead atoms. The van der Waals surface area contributed by atoms with Gasteiger partial charge in [-0.1, -0.05) is 121 Å². The third-order valence-corrected chi connectivity index (χ3v) is 8.59. The van der Waals surface area contributed by atoms with Crippen molar-refractivity contribution >= 4 is 6.03 Å². The quantitative estimate of drug-likeness (QED) is 0.131. The van der Waals surface area contributed by atoms with Gasteiger partial charge >= 0.3 is 6.03 Å². The fourth-order valence-electron chi connectivity index (χ4n) is 6.09. The molecule has 48 heavy (non-hydrogen) atoms. The first-order valence-corrected chi connectivity index (χ1v) is 16.5. The van der Waals surface area contributed by atoms with Crippen LogP contribution in [0.15, 0.2) is 133 Å². The van der Waals surface area contributed by atoms with Gasteiger partial charge in [0, 0.05) is 38.2 Å². The number of carbonyl (C=O) groups excluding carboxylic acids is 1. The van der Waals surface area contributed by atoms with Gasteiger partial charge in [0.15, 0.2) is 6.29 Å². The van der Waals surface area contributed by atoms with Crippen LogP contribution in [0.3, 0.4) is 0 Å². The number of hydrogen-bond donors (Lipinski definition) is 3. The van der Waals surface area contributed by atoms with Crippen LogP contribution >= 0.6 is 0 Å². The number of urea groups is 1. The molecule has 0 aromatic heterocycles. The van der Waals surface area contributed by atoms with Crippen molar-refractivity contribution in [3.05, 3.63) is 167 Å². The lowest BCUT2D eigenvalue weighted by Crippen LogP contribution is -2.37. The Hall–Kier alpha value is -4.79. The highest BCUT2D eigenvalue weighted by atomic mass is 16.7. The van der Waals surface area contributed by atoms with Gasteiger partial charge in [-0.3, -0.25) is 4.90 Å². The summed E-state index contributed by atoms with van der Waals surface area (Å²) in [7, 11) is 2.13. The molecule has 246 valence electrons. The smallest absolute Gasteiger partial charge is 0.315 e. The molecule has 0 radical (unpaired) electrons. The maximum atomic E-state index is 12.4. The van der Waals surface area contributed by atoms with Crippen LogP contribution in [0.25, 0.3) is 11.1 Å². The lowest BCUT2D eigenvalue weighted by atomic mass is 9.98. The van der Waals surface area contributed by atoms with Gasteiger partial charge in [-0.05, 0) is 58.1 Å². The minimum Gasteiger partial charge on any atom is -0.392 e. The fraction of sp³-hybridized carbons (Fsp3) is 0.244. The highest BCUT2D eigenvalue weighted by Gasteiger charge is 2.33. The van der Waals surface area contributed by atoms with E-state index >= 15 is 0 Å². The van der Waals surface area contributed by atoms with Crippen molar-refractivity contribution in [2.24, 2.45) is 0 Å². The lowest BCUT2D eigenvalue weighted by Gasteiger charge is -2.38. The molecule has 7 heteroatoms. The number of aliphatic hydroxyl groups is 1. The van der Waals surface area contributed by atoms with E-state index in [2.05, 4.69) is 77.2 Å². The van der Waals surface area contributed by atoms with Crippen LogP contribution < -0.4 is 10.6 Å². The summed E-state index contributed by atoms with van der Waals surface area (Å²) in [6.45, 7) is 2.49. The molecule has 0 saturated carbocycles. The summed E-state index contributed by atoms with van der Waals surface area (Å²) in [6, 6.07) is 44.6. The largest absolute Gasteiger partial charge is 0.392 e. The molecule has 1 aliphatic heterocycles. The van der Waals surface area contributed by atoms with Crippen molar-refractivity contribution < 1.29 is 19.4 Å². The topological polar surface area (TPSA) is 83.1 Å². The summed E-state index contributed by atoms with van der Waals surface area (Å²) < 4.78 is 13.3. The normalized spacial score (nSPS) is 17.6. The molecule has 5 aromatic carbocycles. The molecular weight excluding hydrogens is 598 g/mol. The molecule has 0 aliphatic carbocycles. The van der Waals surface area contributed by atoms with Gasteiger partial charge in [-0.25, -0.2) is 4.79 Å². The average molecular weight is 642 g/mol. The van der Waals surface area contributed by atoms with Crippen LogP contribution in [0.2, 0.25) is 0 Å². The predicted molar refractivity (Wildman–Crippen MR) is 189 cm³/mol. The van der Waals surface area contributed by atoms with Crippen LogP contribution in [0.4, 0.5) is 4.79 Å². The second kappa shape index (κ2) is 16.4. The number of amides is 2.